The first-order valence-electron chi connectivity index (χ1n) is 8.18. The molecule has 1 saturated carbocycles. The van der Waals surface area contributed by atoms with Crippen molar-refractivity contribution in [2.24, 2.45) is 0 Å². The Hall–Kier alpha value is -2.89. The fourth-order valence-electron chi connectivity index (χ4n) is 2.50. The van der Waals surface area contributed by atoms with E-state index in [0.717, 1.165) is 24.2 Å². The summed E-state index contributed by atoms with van der Waals surface area (Å²) in [5.74, 6) is -0.00548. The Morgan fingerprint density at radius 3 is 2.52 bits per heavy atom. The van der Waals surface area contributed by atoms with Gasteiger partial charge in [0, 0.05) is 18.8 Å². The van der Waals surface area contributed by atoms with Crippen molar-refractivity contribution in [3.63, 3.8) is 0 Å². The number of carbonyl (C=O) groups excluding carboxylic acids is 2. The normalized spacial score (nSPS) is 13.2. The number of aromatic nitrogens is 1. The monoisotopic (exact) mass is 340 g/mol. The third-order valence-corrected chi connectivity index (χ3v) is 4.02. The lowest BCUT2D eigenvalue weighted by Gasteiger charge is -2.22. The minimum Gasteiger partial charge on any atom is -0.497 e. The zero-order chi connectivity index (χ0) is 17.6. The van der Waals surface area contributed by atoms with E-state index in [1.165, 1.54) is 6.20 Å². The fraction of sp³-hybridized carbons (Fsp3) is 0.316. The zero-order valence-electron chi connectivity index (χ0n) is 14.1. The molecule has 0 N–H and O–H groups in total. The van der Waals surface area contributed by atoms with E-state index >= 15 is 0 Å². The van der Waals surface area contributed by atoms with Gasteiger partial charge in [0.1, 0.15) is 11.4 Å². The van der Waals surface area contributed by atoms with E-state index < -0.39 is 5.97 Å². The van der Waals surface area contributed by atoms with Gasteiger partial charge in [0.05, 0.1) is 7.11 Å². The van der Waals surface area contributed by atoms with Crippen LogP contribution in [0.5, 0.6) is 5.75 Å². The molecule has 0 bridgehead atoms. The average molecular weight is 340 g/mol. The van der Waals surface area contributed by atoms with E-state index in [4.69, 9.17) is 9.47 Å². The predicted molar refractivity (Wildman–Crippen MR) is 91.1 cm³/mol. The molecule has 2 aromatic rings. The average Bonchev–Trinajstić information content (AvgIpc) is 3.50. The molecule has 0 saturated heterocycles. The molecular weight excluding hydrogens is 320 g/mol. The number of ether oxygens (including phenoxy) is 2. The number of rotatable bonds is 7. The van der Waals surface area contributed by atoms with Gasteiger partial charge in [-0.05, 0) is 42.7 Å². The van der Waals surface area contributed by atoms with E-state index in [-0.39, 0.29) is 24.2 Å². The van der Waals surface area contributed by atoms with Crippen LogP contribution in [0, 0.1) is 0 Å². The van der Waals surface area contributed by atoms with Gasteiger partial charge in [-0.15, -0.1) is 0 Å². The van der Waals surface area contributed by atoms with Crippen molar-refractivity contribution in [1.82, 2.24) is 9.88 Å². The molecule has 1 aliphatic carbocycles. The minimum atomic E-state index is -0.589. The van der Waals surface area contributed by atoms with Crippen LogP contribution in [0.4, 0.5) is 0 Å². The van der Waals surface area contributed by atoms with Crippen LogP contribution in [0.3, 0.4) is 0 Å². The van der Waals surface area contributed by atoms with Crippen LogP contribution in [-0.4, -0.2) is 41.5 Å². The highest BCUT2D eigenvalue weighted by Crippen LogP contribution is 2.28. The maximum absolute atomic E-state index is 12.5. The molecule has 1 amide bonds. The Bertz CT molecular complexity index is 727. The summed E-state index contributed by atoms with van der Waals surface area (Å²) in [6.45, 7) is 0.219. The molecule has 6 nitrogen and oxygen atoms in total. The number of hydrogen-bond donors (Lipinski definition) is 0. The summed E-state index contributed by atoms with van der Waals surface area (Å²) < 4.78 is 10.3. The standard InChI is InChI=1S/C19H20N2O4/c1-24-16-9-5-14(6-10-16)12-21(15-7-8-15)18(22)13-25-19(23)17-4-2-3-11-20-17/h2-6,9-11,15H,7-8,12-13H2,1H3. The number of esters is 1. The maximum Gasteiger partial charge on any atom is 0.357 e. The number of nitrogens with zero attached hydrogens (tertiary/aromatic N) is 2. The Morgan fingerprint density at radius 2 is 1.92 bits per heavy atom. The molecule has 0 aliphatic heterocycles. The van der Waals surface area contributed by atoms with Crippen LogP contribution in [0.1, 0.15) is 28.9 Å². The quantitative estimate of drug-likeness (QED) is 0.724. The number of methoxy groups -OCH3 is 1. The van der Waals surface area contributed by atoms with Crippen LogP contribution in [-0.2, 0) is 16.1 Å². The highest BCUT2D eigenvalue weighted by molar-refractivity contribution is 5.89. The lowest BCUT2D eigenvalue weighted by Crippen LogP contribution is -2.36. The molecule has 130 valence electrons. The zero-order valence-corrected chi connectivity index (χ0v) is 14.1. The molecule has 0 atom stereocenters. The van der Waals surface area contributed by atoms with Crippen molar-refractivity contribution in [2.75, 3.05) is 13.7 Å². The Kier molecular flexibility index (Phi) is 5.28. The maximum atomic E-state index is 12.5. The number of pyridine rings is 1. The molecule has 6 heteroatoms. The molecule has 1 aromatic heterocycles. The van der Waals surface area contributed by atoms with Gasteiger partial charge in [-0.3, -0.25) is 4.79 Å². The van der Waals surface area contributed by atoms with E-state index in [0.29, 0.717) is 6.54 Å². The Balaban J connectivity index is 1.58. The van der Waals surface area contributed by atoms with Crippen LogP contribution in [0.15, 0.2) is 48.7 Å². The lowest BCUT2D eigenvalue weighted by atomic mass is 10.2. The van der Waals surface area contributed by atoms with Crippen molar-refractivity contribution in [3.05, 3.63) is 59.9 Å². The molecular formula is C19H20N2O4. The van der Waals surface area contributed by atoms with Crippen LogP contribution in [0.2, 0.25) is 0 Å². The van der Waals surface area contributed by atoms with Gasteiger partial charge in [0.2, 0.25) is 0 Å². The van der Waals surface area contributed by atoms with Crippen LogP contribution >= 0.6 is 0 Å². The summed E-state index contributed by atoms with van der Waals surface area (Å²) in [4.78, 5) is 30.1. The molecule has 1 fully saturated rings. The van der Waals surface area contributed by atoms with Crippen molar-refractivity contribution in [1.29, 1.82) is 0 Å². The van der Waals surface area contributed by atoms with Gasteiger partial charge < -0.3 is 14.4 Å². The van der Waals surface area contributed by atoms with Crippen molar-refractivity contribution in [2.45, 2.75) is 25.4 Å². The second-order valence-corrected chi connectivity index (χ2v) is 5.89. The highest BCUT2D eigenvalue weighted by atomic mass is 16.5. The lowest BCUT2D eigenvalue weighted by molar-refractivity contribution is -0.135. The van der Waals surface area contributed by atoms with Gasteiger partial charge in [-0.25, -0.2) is 9.78 Å². The molecule has 1 aliphatic rings. The second kappa shape index (κ2) is 7.79. The molecule has 0 radical (unpaired) electrons. The molecule has 0 unspecified atom stereocenters. The van der Waals surface area contributed by atoms with Gasteiger partial charge in [-0.2, -0.15) is 0 Å². The summed E-state index contributed by atoms with van der Waals surface area (Å²) in [5, 5.41) is 0. The van der Waals surface area contributed by atoms with Gasteiger partial charge in [-0.1, -0.05) is 18.2 Å². The van der Waals surface area contributed by atoms with Crippen molar-refractivity contribution < 1.29 is 19.1 Å². The largest absolute Gasteiger partial charge is 0.497 e. The van der Waals surface area contributed by atoms with Crippen molar-refractivity contribution in [3.8, 4) is 5.75 Å². The topological polar surface area (TPSA) is 68.7 Å². The van der Waals surface area contributed by atoms with E-state index in [1.807, 2.05) is 24.3 Å². The number of hydrogen-bond acceptors (Lipinski definition) is 5. The van der Waals surface area contributed by atoms with E-state index in [1.54, 1.807) is 30.2 Å². The fourth-order valence-corrected chi connectivity index (χ4v) is 2.50. The van der Waals surface area contributed by atoms with Gasteiger partial charge in [0.15, 0.2) is 6.61 Å². The van der Waals surface area contributed by atoms with Gasteiger partial charge >= 0.3 is 5.97 Å². The molecule has 1 heterocycles. The summed E-state index contributed by atoms with van der Waals surface area (Å²) in [7, 11) is 1.62. The molecule has 0 spiro atoms. The highest BCUT2D eigenvalue weighted by Gasteiger charge is 2.33. The molecule has 25 heavy (non-hydrogen) atoms. The van der Waals surface area contributed by atoms with Crippen LogP contribution in [0.25, 0.3) is 0 Å². The Morgan fingerprint density at radius 1 is 1.16 bits per heavy atom. The third-order valence-electron chi connectivity index (χ3n) is 4.02. The minimum absolute atomic E-state index is 0.192. The smallest absolute Gasteiger partial charge is 0.357 e. The summed E-state index contributed by atoms with van der Waals surface area (Å²) in [6, 6.07) is 12.8. The second-order valence-electron chi connectivity index (χ2n) is 5.89. The third kappa shape index (κ3) is 4.56. The summed E-state index contributed by atoms with van der Waals surface area (Å²) in [6.07, 6.45) is 3.48. The Labute approximate surface area is 146 Å². The van der Waals surface area contributed by atoms with Gasteiger partial charge in [0.25, 0.3) is 5.91 Å². The first-order chi connectivity index (χ1) is 12.2. The van der Waals surface area contributed by atoms with Crippen molar-refractivity contribution >= 4 is 11.9 Å². The molecule has 3 rings (SSSR count). The summed E-state index contributed by atoms with van der Waals surface area (Å²) in [5.41, 5.74) is 1.21. The first-order valence-corrected chi connectivity index (χ1v) is 8.18. The first kappa shape index (κ1) is 17.0. The van der Waals surface area contributed by atoms with E-state index in [9.17, 15) is 9.59 Å². The number of amides is 1. The number of benzene rings is 1. The summed E-state index contributed by atoms with van der Waals surface area (Å²) >= 11 is 0. The molecule has 1 aromatic carbocycles. The van der Waals surface area contributed by atoms with E-state index in [2.05, 4.69) is 4.98 Å². The SMILES string of the molecule is COc1ccc(CN(C(=O)COC(=O)c2ccccn2)C2CC2)cc1. The van der Waals surface area contributed by atoms with Crippen LogP contribution < -0.4 is 4.74 Å². The predicted octanol–water partition coefficient (Wildman–Crippen LogP) is 2.44. The number of carbonyl (C=O) groups is 2.